The molecule has 0 spiro atoms. The quantitative estimate of drug-likeness (QED) is 0.765. The van der Waals surface area contributed by atoms with Crippen LogP contribution in [0.25, 0.3) is 11.0 Å². The number of carbonyl (C=O) groups is 1. The molecule has 3 aromatic rings. The van der Waals surface area contributed by atoms with Crippen molar-refractivity contribution in [3.8, 4) is 5.75 Å². The van der Waals surface area contributed by atoms with Gasteiger partial charge in [-0.15, -0.1) is 0 Å². The van der Waals surface area contributed by atoms with E-state index in [2.05, 4.69) is 0 Å². The molecule has 1 amide bonds. The fraction of sp³-hybridized carbons (Fsp3) is 0.200. The van der Waals surface area contributed by atoms with Crippen LogP contribution in [0, 0.1) is 5.82 Å². The van der Waals surface area contributed by atoms with E-state index < -0.39 is 23.2 Å². The van der Waals surface area contributed by atoms with Crippen molar-refractivity contribution in [1.29, 1.82) is 0 Å². The molecule has 0 radical (unpaired) electrons. The van der Waals surface area contributed by atoms with Crippen molar-refractivity contribution in [2.24, 2.45) is 0 Å². The molecule has 0 fully saturated rings. The zero-order valence-corrected chi connectivity index (χ0v) is 14.4. The van der Waals surface area contributed by atoms with Crippen LogP contribution in [0.2, 0.25) is 0 Å². The number of hydrogen-bond donors (Lipinski definition) is 1. The van der Waals surface area contributed by atoms with Crippen LogP contribution in [0.15, 0.2) is 51.7 Å². The second kappa shape index (κ2) is 6.51. The van der Waals surface area contributed by atoms with Gasteiger partial charge in [-0.05, 0) is 35.9 Å². The first-order valence-electron chi connectivity index (χ1n) is 8.36. The van der Waals surface area contributed by atoms with Crippen LogP contribution in [-0.2, 0) is 4.74 Å². The van der Waals surface area contributed by atoms with E-state index in [-0.39, 0.29) is 41.2 Å². The maximum absolute atomic E-state index is 13.7. The number of aromatic hydroxyl groups is 1. The summed E-state index contributed by atoms with van der Waals surface area (Å²) >= 11 is 0. The van der Waals surface area contributed by atoms with E-state index in [9.17, 15) is 19.1 Å². The lowest BCUT2D eigenvalue weighted by atomic mass is 9.98. The average molecular weight is 369 g/mol. The Kier molecular flexibility index (Phi) is 4.16. The van der Waals surface area contributed by atoms with Crippen molar-refractivity contribution < 1.29 is 23.4 Å². The molecule has 1 atom stereocenters. The van der Waals surface area contributed by atoms with Gasteiger partial charge in [0.15, 0.2) is 5.43 Å². The molecular formula is C20H16FNO5. The number of phenolic OH excluding ortho intramolecular Hbond substituents is 1. The molecular weight excluding hydrogens is 353 g/mol. The molecule has 1 aromatic heterocycles. The number of fused-ring (bicyclic) bond motifs is 2. The van der Waals surface area contributed by atoms with E-state index in [1.54, 1.807) is 12.1 Å². The van der Waals surface area contributed by atoms with Crippen LogP contribution < -0.4 is 5.43 Å². The van der Waals surface area contributed by atoms with Crippen LogP contribution in [0.5, 0.6) is 5.75 Å². The Morgan fingerprint density at radius 3 is 2.78 bits per heavy atom. The third-order valence-corrected chi connectivity index (χ3v) is 4.65. The SMILES string of the molecule is COCCN1C(=O)c2oc3ccc(F)cc3c(=O)c2[C@@H]1c1cccc(O)c1. The maximum Gasteiger partial charge on any atom is 0.290 e. The number of ether oxygens (including phenoxy) is 1. The molecule has 1 aliphatic rings. The van der Waals surface area contributed by atoms with E-state index >= 15 is 0 Å². The van der Waals surface area contributed by atoms with Crippen LogP contribution in [0.3, 0.4) is 0 Å². The van der Waals surface area contributed by atoms with Gasteiger partial charge in [-0.3, -0.25) is 9.59 Å². The monoisotopic (exact) mass is 369 g/mol. The third kappa shape index (κ3) is 2.76. The first-order valence-corrected chi connectivity index (χ1v) is 8.36. The highest BCUT2D eigenvalue weighted by Crippen LogP contribution is 2.38. The third-order valence-electron chi connectivity index (χ3n) is 4.65. The Morgan fingerprint density at radius 1 is 1.22 bits per heavy atom. The summed E-state index contributed by atoms with van der Waals surface area (Å²) in [5, 5.41) is 9.92. The second-order valence-electron chi connectivity index (χ2n) is 6.30. The maximum atomic E-state index is 13.7. The molecule has 0 bridgehead atoms. The van der Waals surface area contributed by atoms with E-state index in [0.29, 0.717) is 5.56 Å². The molecule has 1 N–H and O–H groups in total. The number of benzene rings is 2. The first-order chi connectivity index (χ1) is 13.0. The van der Waals surface area contributed by atoms with Crippen LogP contribution in [0.1, 0.15) is 27.7 Å². The van der Waals surface area contributed by atoms with E-state index in [0.717, 1.165) is 6.07 Å². The van der Waals surface area contributed by atoms with E-state index in [1.807, 2.05) is 0 Å². The van der Waals surface area contributed by atoms with Crippen molar-refractivity contribution in [2.75, 3.05) is 20.3 Å². The summed E-state index contributed by atoms with van der Waals surface area (Å²) in [7, 11) is 1.51. The number of nitrogens with zero attached hydrogens (tertiary/aromatic N) is 1. The van der Waals surface area contributed by atoms with E-state index in [4.69, 9.17) is 9.15 Å². The molecule has 6 nitrogen and oxygen atoms in total. The predicted molar refractivity (Wildman–Crippen MR) is 95.3 cm³/mol. The van der Waals surface area contributed by atoms with Crippen molar-refractivity contribution in [1.82, 2.24) is 4.90 Å². The predicted octanol–water partition coefficient (Wildman–Crippen LogP) is 2.83. The molecule has 7 heteroatoms. The molecule has 1 aliphatic heterocycles. The van der Waals surface area contributed by atoms with Gasteiger partial charge < -0.3 is 19.2 Å². The van der Waals surface area contributed by atoms with Gasteiger partial charge in [0.2, 0.25) is 5.76 Å². The van der Waals surface area contributed by atoms with Gasteiger partial charge in [0.05, 0.1) is 23.6 Å². The Bertz CT molecular complexity index is 1110. The summed E-state index contributed by atoms with van der Waals surface area (Å²) in [5.41, 5.74) is 0.380. The molecule has 27 heavy (non-hydrogen) atoms. The molecule has 0 saturated heterocycles. The summed E-state index contributed by atoms with van der Waals surface area (Å²) in [6.45, 7) is 0.487. The van der Waals surface area contributed by atoms with Gasteiger partial charge in [0.25, 0.3) is 5.91 Å². The highest BCUT2D eigenvalue weighted by molar-refractivity contribution is 5.99. The Labute approximate surface area is 153 Å². The van der Waals surface area contributed by atoms with Crippen molar-refractivity contribution in [3.63, 3.8) is 0 Å². The Hall–Kier alpha value is -3.19. The van der Waals surface area contributed by atoms with Crippen LogP contribution in [0.4, 0.5) is 4.39 Å². The zero-order valence-electron chi connectivity index (χ0n) is 14.4. The second-order valence-corrected chi connectivity index (χ2v) is 6.30. The molecule has 0 unspecified atom stereocenters. The Balaban J connectivity index is 1.99. The molecule has 0 saturated carbocycles. The largest absolute Gasteiger partial charge is 0.508 e. The summed E-state index contributed by atoms with van der Waals surface area (Å²) in [6, 6.07) is 9.18. The number of rotatable bonds is 4. The van der Waals surface area contributed by atoms with Gasteiger partial charge in [-0.2, -0.15) is 0 Å². The summed E-state index contributed by atoms with van der Waals surface area (Å²) < 4.78 is 24.4. The highest BCUT2D eigenvalue weighted by Gasteiger charge is 2.42. The summed E-state index contributed by atoms with van der Waals surface area (Å²) in [4.78, 5) is 27.5. The van der Waals surface area contributed by atoms with Crippen LogP contribution >= 0.6 is 0 Å². The minimum Gasteiger partial charge on any atom is -0.508 e. The van der Waals surface area contributed by atoms with Crippen LogP contribution in [-0.4, -0.2) is 36.2 Å². The molecule has 2 heterocycles. The van der Waals surface area contributed by atoms with Gasteiger partial charge in [0, 0.05) is 13.7 Å². The smallest absolute Gasteiger partial charge is 0.290 e. The molecule has 4 rings (SSSR count). The van der Waals surface area contributed by atoms with E-state index in [1.165, 1.54) is 36.3 Å². The summed E-state index contributed by atoms with van der Waals surface area (Å²) in [6.07, 6.45) is 0. The van der Waals surface area contributed by atoms with Gasteiger partial charge in [0.1, 0.15) is 17.1 Å². The average Bonchev–Trinajstić information content (AvgIpc) is 2.93. The minimum atomic E-state index is -0.751. The van der Waals surface area contributed by atoms with Crippen molar-refractivity contribution >= 4 is 16.9 Å². The lowest BCUT2D eigenvalue weighted by molar-refractivity contribution is 0.0663. The zero-order chi connectivity index (χ0) is 19.1. The highest BCUT2D eigenvalue weighted by atomic mass is 19.1. The number of carbonyl (C=O) groups excluding carboxylic acids is 1. The van der Waals surface area contributed by atoms with Gasteiger partial charge in [-0.1, -0.05) is 12.1 Å². The number of halogens is 1. The topological polar surface area (TPSA) is 80.0 Å². The number of phenols is 1. The molecule has 138 valence electrons. The minimum absolute atomic E-state index is 0.0105. The van der Waals surface area contributed by atoms with Crippen molar-refractivity contribution in [2.45, 2.75) is 6.04 Å². The van der Waals surface area contributed by atoms with Crippen molar-refractivity contribution in [3.05, 3.63) is 75.4 Å². The molecule has 2 aromatic carbocycles. The van der Waals surface area contributed by atoms with Gasteiger partial charge >= 0.3 is 0 Å². The summed E-state index contributed by atoms with van der Waals surface area (Å²) in [5.74, 6) is -1.07. The number of hydrogen-bond acceptors (Lipinski definition) is 5. The van der Waals surface area contributed by atoms with Gasteiger partial charge in [-0.25, -0.2) is 4.39 Å². The molecule has 0 aliphatic carbocycles. The first kappa shape index (κ1) is 17.2. The lowest BCUT2D eigenvalue weighted by Gasteiger charge is -2.24. The number of amides is 1. The normalized spacial score (nSPS) is 16.1. The standard InChI is InChI=1S/C20H16FNO5/c1-26-8-7-22-17(11-3-2-4-13(23)9-11)16-18(24)14-10-12(21)5-6-15(14)27-19(16)20(22)25/h2-6,9-10,17,23H,7-8H2,1H3/t17-/m0/s1. The number of methoxy groups -OCH3 is 1. The fourth-order valence-electron chi connectivity index (χ4n) is 3.45. The Morgan fingerprint density at radius 2 is 2.04 bits per heavy atom. The lowest BCUT2D eigenvalue weighted by Crippen LogP contribution is -2.32. The fourth-order valence-corrected chi connectivity index (χ4v) is 3.45.